The molecule has 0 unspecified atom stereocenters. The summed E-state index contributed by atoms with van der Waals surface area (Å²) in [5.41, 5.74) is -0.504. The molecule has 0 saturated carbocycles. The summed E-state index contributed by atoms with van der Waals surface area (Å²) in [5, 5.41) is 0. The number of allylic oxidation sites excluding steroid dienone is 8. The van der Waals surface area contributed by atoms with Gasteiger partial charge in [0, 0.05) is 0 Å². The number of ether oxygens (including phenoxy) is 2. The first-order valence-corrected chi connectivity index (χ1v) is 16.7. The Kier molecular flexibility index (Phi) is 7.47. The molecule has 0 aromatic heterocycles. The fourth-order valence-corrected chi connectivity index (χ4v) is 12.2. The van der Waals surface area contributed by atoms with Gasteiger partial charge in [-0.2, -0.15) is 0 Å². The zero-order valence-electron chi connectivity index (χ0n) is 21.6. The van der Waals surface area contributed by atoms with Gasteiger partial charge >= 0.3 is 216 Å². The van der Waals surface area contributed by atoms with Gasteiger partial charge in [-0.1, -0.05) is 0 Å². The zero-order chi connectivity index (χ0) is 25.1. The fraction of sp³-hybridized carbons (Fsp3) is 0.333. The van der Waals surface area contributed by atoms with Crippen LogP contribution in [0.15, 0.2) is 91.5 Å². The van der Waals surface area contributed by atoms with Crippen molar-refractivity contribution in [3.63, 3.8) is 0 Å². The van der Waals surface area contributed by atoms with E-state index in [2.05, 4.69) is 36.5 Å². The molecule has 35 heavy (non-hydrogen) atoms. The van der Waals surface area contributed by atoms with Crippen LogP contribution in [0.5, 0.6) is 23.0 Å². The Morgan fingerprint density at radius 2 is 0.886 bits per heavy atom. The van der Waals surface area contributed by atoms with Crippen molar-refractivity contribution in [1.82, 2.24) is 0 Å². The first kappa shape index (κ1) is 25.6. The Hall–Kier alpha value is -2.52. The molecule has 0 amide bonds. The molecule has 2 aromatic carbocycles. The van der Waals surface area contributed by atoms with E-state index in [0.29, 0.717) is 0 Å². The molecule has 4 nitrogen and oxygen atoms in total. The summed E-state index contributed by atoms with van der Waals surface area (Å²) in [5.74, 6) is 3.25. The van der Waals surface area contributed by atoms with Gasteiger partial charge in [0.25, 0.3) is 0 Å². The SMILES string of the molecule is CC(C)(C)Oc1ccc([O][Zr]([O]c2ccc(OC(C)(C)C)cc2)([C]2=CC=CC2)[C]2=CC=CC2)cc1. The fourth-order valence-electron chi connectivity index (χ4n) is 4.06. The first-order chi connectivity index (χ1) is 16.5. The number of rotatable bonds is 8. The summed E-state index contributed by atoms with van der Waals surface area (Å²) in [7, 11) is 0. The number of hydrogen-bond acceptors (Lipinski definition) is 4. The number of benzene rings is 2. The van der Waals surface area contributed by atoms with Crippen LogP contribution in [0, 0.1) is 0 Å². The Morgan fingerprint density at radius 1 is 0.543 bits per heavy atom. The molecule has 0 radical (unpaired) electrons. The second-order valence-electron chi connectivity index (χ2n) is 10.8. The van der Waals surface area contributed by atoms with Crippen molar-refractivity contribution in [1.29, 1.82) is 0 Å². The van der Waals surface area contributed by atoms with Gasteiger partial charge in [-0.05, 0) is 0 Å². The van der Waals surface area contributed by atoms with Crippen LogP contribution in [0.25, 0.3) is 0 Å². The summed E-state index contributed by atoms with van der Waals surface area (Å²) in [4.78, 5) is 0. The summed E-state index contributed by atoms with van der Waals surface area (Å²) in [6.07, 6.45) is 14.6. The second kappa shape index (κ2) is 10.2. The van der Waals surface area contributed by atoms with Gasteiger partial charge in [0.15, 0.2) is 0 Å². The van der Waals surface area contributed by atoms with Gasteiger partial charge in [-0.15, -0.1) is 0 Å². The van der Waals surface area contributed by atoms with Crippen LogP contribution in [0.2, 0.25) is 0 Å². The van der Waals surface area contributed by atoms with Crippen molar-refractivity contribution in [2.75, 3.05) is 0 Å². The van der Waals surface area contributed by atoms with Crippen LogP contribution in [-0.2, 0) is 21.1 Å². The van der Waals surface area contributed by atoms with E-state index in [1.807, 2.05) is 90.1 Å². The first-order valence-electron chi connectivity index (χ1n) is 12.2. The molecule has 0 saturated heterocycles. The molecule has 4 rings (SSSR count). The van der Waals surface area contributed by atoms with Gasteiger partial charge in [-0.25, -0.2) is 0 Å². The van der Waals surface area contributed by atoms with Crippen LogP contribution in [-0.4, -0.2) is 11.2 Å². The monoisotopic (exact) mass is 550 g/mol. The van der Waals surface area contributed by atoms with Crippen LogP contribution >= 0.6 is 0 Å². The molecule has 2 aliphatic carbocycles. The average molecular weight is 552 g/mol. The number of hydrogen-bond donors (Lipinski definition) is 0. The zero-order valence-corrected chi connectivity index (χ0v) is 24.1. The standard InChI is InChI=1S/2C10H14O2.2C5H5.Zr/c2*1-10(2,3)12-9-6-4-8(11)5-7-9;2*1-2-4-5-3-1;/h2*4-7,11H,1-3H3;2*1-3H,4H2;/q;;;;+2/p-2. The predicted molar refractivity (Wildman–Crippen MR) is 139 cm³/mol. The molecule has 2 aliphatic rings. The summed E-state index contributed by atoms with van der Waals surface area (Å²) < 4.78 is 28.4. The van der Waals surface area contributed by atoms with Gasteiger partial charge < -0.3 is 0 Å². The molecule has 0 atom stereocenters. The van der Waals surface area contributed by atoms with Gasteiger partial charge in [0.1, 0.15) is 0 Å². The molecule has 184 valence electrons. The van der Waals surface area contributed by atoms with E-state index in [1.165, 1.54) is 6.56 Å². The molecule has 5 heteroatoms. The Bertz CT molecular complexity index is 1050. The van der Waals surface area contributed by atoms with Gasteiger partial charge in [0.2, 0.25) is 0 Å². The van der Waals surface area contributed by atoms with E-state index in [9.17, 15) is 0 Å². The van der Waals surface area contributed by atoms with Crippen LogP contribution in [0.3, 0.4) is 0 Å². The Morgan fingerprint density at radius 3 is 1.17 bits per heavy atom. The maximum atomic E-state index is 6.95. The minimum absolute atomic E-state index is 0.252. The van der Waals surface area contributed by atoms with Crippen molar-refractivity contribution in [2.24, 2.45) is 0 Å². The Labute approximate surface area is 215 Å². The van der Waals surface area contributed by atoms with E-state index in [4.69, 9.17) is 15.1 Å². The molecule has 0 bridgehead atoms. The quantitative estimate of drug-likeness (QED) is 0.332. The van der Waals surface area contributed by atoms with Crippen molar-refractivity contribution < 1.29 is 36.2 Å². The third kappa shape index (κ3) is 6.79. The summed E-state index contributed by atoms with van der Waals surface area (Å²) >= 11 is -4.03. The molecular weight excluding hydrogens is 516 g/mol. The molecular formula is C30H36O4Zr. The van der Waals surface area contributed by atoms with Crippen molar-refractivity contribution in [3.8, 4) is 23.0 Å². The molecule has 0 heterocycles. The van der Waals surface area contributed by atoms with Crippen molar-refractivity contribution >= 4 is 0 Å². The minimum atomic E-state index is -4.03. The van der Waals surface area contributed by atoms with Gasteiger partial charge in [-0.3, -0.25) is 0 Å². The second-order valence-corrected chi connectivity index (χ2v) is 18.0. The van der Waals surface area contributed by atoms with Crippen LogP contribution < -0.4 is 15.1 Å². The van der Waals surface area contributed by atoms with E-state index in [1.54, 1.807) is 0 Å². The van der Waals surface area contributed by atoms with E-state index in [-0.39, 0.29) is 11.2 Å². The third-order valence-electron chi connectivity index (χ3n) is 5.41. The van der Waals surface area contributed by atoms with Gasteiger partial charge in [0.05, 0.1) is 0 Å². The molecule has 0 spiro atoms. The molecule has 0 N–H and O–H groups in total. The predicted octanol–water partition coefficient (Wildman–Crippen LogP) is 8.17. The third-order valence-corrected chi connectivity index (χ3v) is 14.0. The maximum absolute atomic E-state index is 6.95. The van der Waals surface area contributed by atoms with Crippen molar-refractivity contribution in [3.05, 3.63) is 91.5 Å². The van der Waals surface area contributed by atoms with Crippen molar-refractivity contribution in [2.45, 2.75) is 65.6 Å². The summed E-state index contributed by atoms with van der Waals surface area (Å²) in [6.45, 7) is 12.3. The molecule has 0 aliphatic heterocycles. The average Bonchev–Trinajstić information content (AvgIpc) is 3.49. The van der Waals surface area contributed by atoms with Crippen LogP contribution in [0.4, 0.5) is 0 Å². The van der Waals surface area contributed by atoms with E-state index < -0.39 is 21.1 Å². The van der Waals surface area contributed by atoms with E-state index >= 15 is 0 Å². The molecule has 0 fully saturated rings. The van der Waals surface area contributed by atoms with E-state index in [0.717, 1.165) is 35.8 Å². The molecule has 2 aromatic rings. The summed E-state index contributed by atoms with van der Waals surface area (Å²) in [6, 6.07) is 15.8. The van der Waals surface area contributed by atoms with Crippen LogP contribution in [0.1, 0.15) is 54.4 Å². The topological polar surface area (TPSA) is 36.9 Å². The normalized spacial score (nSPS) is 15.6. The Balaban J connectivity index is 1.66.